The quantitative estimate of drug-likeness (QED) is 0.126. The molecule has 0 spiro atoms. The summed E-state index contributed by atoms with van der Waals surface area (Å²) in [5, 5.41) is 9.68. The second kappa shape index (κ2) is 14.0. The highest BCUT2D eigenvalue weighted by Crippen LogP contribution is 2.42. The molecule has 0 saturated carbocycles. The zero-order chi connectivity index (χ0) is 29.4. The molecular formula is C33H31BrClN3O4. The number of hydrogen-bond acceptors (Lipinski definition) is 6. The third-order valence-corrected chi connectivity index (χ3v) is 7.71. The van der Waals surface area contributed by atoms with Gasteiger partial charge in [-0.15, -0.1) is 0 Å². The number of benzene rings is 4. The van der Waals surface area contributed by atoms with Crippen LogP contribution >= 0.6 is 27.5 Å². The normalized spacial score (nSPS) is 17.8. The molecule has 4 aromatic rings. The molecule has 9 heteroatoms. The molecule has 216 valence electrons. The molecule has 0 unspecified atom stereocenters. The molecule has 1 amide bonds. The Hall–Kier alpha value is -3.69. The van der Waals surface area contributed by atoms with E-state index < -0.39 is 11.6 Å². The minimum atomic E-state index is -1.31. The monoisotopic (exact) mass is 647 g/mol. The number of aliphatic imine (C=N–C) groups is 1. The van der Waals surface area contributed by atoms with Gasteiger partial charge in [-0.3, -0.25) is 10.2 Å². The average molecular weight is 649 g/mol. The van der Waals surface area contributed by atoms with Crippen LogP contribution in [0.15, 0.2) is 113 Å². The van der Waals surface area contributed by atoms with Gasteiger partial charge in [0.15, 0.2) is 11.6 Å². The van der Waals surface area contributed by atoms with Crippen molar-refractivity contribution in [2.75, 3.05) is 13.2 Å². The number of aliphatic hydroxyl groups excluding tert-OH is 1. The van der Waals surface area contributed by atoms with E-state index in [2.05, 4.69) is 26.8 Å². The van der Waals surface area contributed by atoms with Gasteiger partial charge in [-0.05, 0) is 65.2 Å². The standard InChI is InChI=1S/C33H31BrClN3O4/c34-27-13-7-23(8-14-27)21-33(32(40)38-36-22-24-9-15-28(35)16-10-24)30(25-5-2-1-3-6-25)42-31(37-33)26-11-17-29(18-12-26)41-20-4-19-39/h1-3,5-18,30,36,39H,4,19-22H2,(H,38,40)/t30-,33-/m0/s1. The number of rotatable bonds is 12. The lowest BCUT2D eigenvalue weighted by Gasteiger charge is -2.31. The van der Waals surface area contributed by atoms with Crippen LogP contribution in [0, 0.1) is 0 Å². The van der Waals surface area contributed by atoms with Crippen LogP contribution in [-0.2, 0) is 22.5 Å². The number of hydrazine groups is 1. The van der Waals surface area contributed by atoms with Gasteiger partial charge in [-0.2, -0.15) is 0 Å². The molecule has 1 aliphatic rings. The largest absolute Gasteiger partial charge is 0.494 e. The molecule has 1 heterocycles. The minimum Gasteiger partial charge on any atom is -0.494 e. The Morgan fingerprint density at radius 2 is 1.64 bits per heavy atom. The molecule has 5 rings (SSSR count). The maximum absolute atomic E-state index is 14.2. The van der Waals surface area contributed by atoms with Gasteiger partial charge in [0.05, 0.1) is 6.61 Å². The van der Waals surface area contributed by atoms with Gasteiger partial charge in [0.1, 0.15) is 5.75 Å². The van der Waals surface area contributed by atoms with E-state index in [0.29, 0.717) is 42.7 Å². The lowest BCUT2D eigenvalue weighted by molar-refractivity contribution is -0.130. The molecule has 4 aromatic carbocycles. The van der Waals surface area contributed by atoms with Crippen molar-refractivity contribution in [3.63, 3.8) is 0 Å². The number of carbonyl (C=O) groups excluding carboxylic acids is 1. The van der Waals surface area contributed by atoms with E-state index in [1.165, 1.54) is 0 Å². The second-order valence-electron chi connectivity index (χ2n) is 9.94. The molecule has 42 heavy (non-hydrogen) atoms. The van der Waals surface area contributed by atoms with E-state index in [1.807, 2.05) is 103 Å². The van der Waals surface area contributed by atoms with Crippen LogP contribution in [0.25, 0.3) is 0 Å². The first-order valence-corrected chi connectivity index (χ1v) is 14.8. The predicted octanol–water partition coefficient (Wildman–Crippen LogP) is 6.18. The maximum atomic E-state index is 14.2. The van der Waals surface area contributed by atoms with Crippen molar-refractivity contribution in [3.05, 3.63) is 135 Å². The topological polar surface area (TPSA) is 92.2 Å². The number of ether oxygens (including phenoxy) is 2. The Morgan fingerprint density at radius 1 is 0.952 bits per heavy atom. The fraction of sp³-hybridized carbons (Fsp3) is 0.212. The van der Waals surface area contributed by atoms with Crippen LogP contribution in [0.2, 0.25) is 5.02 Å². The lowest BCUT2D eigenvalue weighted by atomic mass is 9.82. The molecule has 0 bridgehead atoms. The first-order valence-electron chi connectivity index (χ1n) is 13.6. The third-order valence-electron chi connectivity index (χ3n) is 6.93. The highest BCUT2D eigenvalue weighted by atomic mass is 79.9. The zero-order valence-corrected chi connectivity index (χ0v) is 25.1. The smallest absolute Gasteiger partial charge is 0.266 e. The highest BCUT2D eigenvalue weighted by Gasteiger charge is 2.53. The van der Waals surface area contributed by atoms with Crippen LogP contribution in [-0.4, -0.2) is 35.7 Å². The summed E-state index contributed by atoms with van der Waals surface area (Å²) < 4.78 is 13.2. The Balaban J connectivity index is 1.49. The molecule has 2 atom stereocenters. The highest BCUT2D eigenvalue weighted by molar-refractivity contribution is 9.10. The molecule has 0 aliphatic carbocycles. The van der Waals surface area contributed by atoms with Crippen LogP contribution in [0.5, 0.6) is 5.75 Å². The van der Waals surface area contributed by atoms with Crippen molar-refractivity contribution in [1.82, 2.24) is 10.9 Å². The summed E-state index contributed by atoms with van der Waals surface area (Å²) in [6.45, 7) is 0.895. The van der Waals surface area contributed by atoms with Crippen molar-refractivity contribution in [3.8, 4) is 5.75 Å². The number of carbonyl (C=O) groups is 1. The first kappa shape index (κ1) is 29.8. The van der Waals surface area contributed by atoms with Gasteiger partial charge < -0.3 is 14.6 Å². The van der Waals surface area contributed by atoms with Crippen LogP contribution < -0.4 is 15.6 Å². The molecule has 3 N–H and O–H groups in total. The van der Waals surface area contributed by atoms with Gasteiger partial charge in [-0.25, -0.2) is 10.4 Å². The molecule has 7 nitrogen and oxygen atoms in total. The summed E-state index contributed by atoms with van der Waals surface area (Å²) in [5.41, 5.74) is 8.14. The summed E-state index contributed by atoms with van der Waals surface area (Å²) in [5.74, 6) is 0.735. The number of nitrogens with zero attached hydrogens (tertiary/aromatic N) is 1. The SMILES string of the molecule is O=C(NNCc1ccc(Cl)cc1)[C@@]1(Cc2ccc(Br)cc2)N=C(c2ccc(OCCCO)cc2)O[C@H]1c1ccccc1. The van der Waals surface area contributed by atoms with E-state index in [9.17, 15) is 4.79 Å². The number of aliphatic hydroxyl groups is 1. The number of halogens is 2. The Bertz CT molecular complexity index is 1500. The summed E-state index contributed by atoms with van der Waals surface area (Å²) in [4.78, 5) is 19.3. The van der Waals surface area contributed by atoms with Crippen LogP contribution in [0.3, 0.4) is 0 Å². The predicted molar refractivity (Wildman–Crippen MR) is 167 cm³/mol. The fourth-order valence-corrected chi connectivity index (χ4v) is 5.15. The molecule has 0 fully saturated rings. The van der Waals surface area contributed by atoms with Gasteiger partial charge >= 0.3 is 0 Å². The summed E-state index contributed by atoms with van der Waals surface area (Å²) in [7, 11) is 0. The first-order chi connectivity index (χ1) is 20.5. The lowest BCUT2D eigenvalue weighted by Crippen LogP contribution is -2.53. The van der Waals surface area contributed by atoms with E-state index in [-0.39, 0.29) is 12.5 Å². The molecular weight excluding hydrogens is 618 g/mol. The van der Waals surface area contributed by atoms with Crippen molar-refractivity contribution in [2.45, 2.75) is 31.0 Å². The Kier molecular flexibility index (Phi) is 9.92. The molecule has 1 aliphatic heterocycles. The van der Waals surface area contributed by atoms with E-state index in [1.54, 1.807) is 0 Å². The number of amides is 1. The van der Waals surface area contributed by atoms with E-state index in [4.69, 9.17) is 31.2 Å². The van der Waals surface area contributed by atoms with Crippen molar-refractivity contribution in [2.24, 2.45) is 4.99 Å². The minimum absolute atomic E-state index is 0.0701. The maximum Gasteiger partial charge on any atom is 0.266 e. The van der Waals surface area contributed by atoms with Crippen molar-refractivity contribution >= 4 is 39.3 Å². The molecule has 0 radical (unpaired) electrons. The van der Waals surface area contributed by atoms with Crippen LogP contribution in [0.4, 0.5) is 0 Å². The van der Waals surface area contributed by atoms with Crippen LogP contribution in [0.1, 0.15) is 34.8 Å². The fourth-order valence-electron chi connectivity index (χ4n) is 4.76. The Morgan fingerprint density at radius 3 is 2.33 bits per heavy atom. The van der Waals surface area contributed by atoms with Gasteiger partial charge in [-0.1, -0.05) is 82.1 Å². The summed E-state index contributed by atoms with van der Waals surface area (Å²) in [6.07, 6.45) is 0.172. The van der Waals surface area contributed by atoms with Gasteiger partial charge in [0.25, 0.3) is 5.91 Å². The average Bonchev–Trinajstić information content (AvgIpc) is 3.40. The molecule has 0 saturated heterocycles. The third kappa shape index (κ3) is 7.20. The van der Waals surface area contributed by atoms with Gasteiger partial charge in [0, 0.05) is 41.1 Å². The zero-order valence-electron chi connectivity index (χ0n) is 22.8. The van der Waals surface area contributed by atoms with Crippen molar-refractivity contribution in [1.29, 1.82) is 0 Å². The Labute approximate surface area is 258 Å². The summed E-state index contributed by atoms with van der Waals surface area (Å²) >= 11 is 9.53. The second-order valence-corrected chi connectivity index (χ2v) is 11.3. The van der Waals surface area contributed by atoms with Gasteiger partial charge in [0.2, 0.25) is 5.90 Å². The van der Waals surface area contributed by atoms with E-state index in [0.717, 1.165) is 26.7 Å². The van der Waals surface area contributed by atoms with E-state index >= 15 is 0 Å². The number of nitrogens with one attached hydrogen (secondary N) is 2. The summed E-state index contributed by atoms with van der Waals surface area (Å²) in [6, 6.07) is 32.4. The van der Waals surface area contributed by atoms with Crippen molar-refractivity contribution < 1.29 is 19.4 Å². The molecule has 0 aromatic heterocycles. The number of hydrogen-bond donors (Lipinski definition) is 3.